The summed E-state index contributed by atoms with van der Waals surface area (Å²) in [5.41, 5.74) is -0.0601. The summed E-state index contributed by atoms with van der Waals surface area (Å²) in [6.45, 7) is 5.25. The molecule has 1 aromatic carbocycles. The van der Waals surface area contributed by atoms with Gasteiger partial charge in [-0.05, 0) is 19.1 Å². The van der Waals surface area contributed by atoms with E-state index in [1.165, 1.54) is 6.92 Å². The summed E-state index contributed by atoms with van der Waals surface area (Å²) in [6.07, 6.45) is 0.551. The van der Waals surface area contributed by atoms with Crippen molar-refractivity contribution < 1.29 is 23.8 Å². The summed E-state index contributed by atoms with van der Waals surface area (Å²) < 4.78 is 77.0. The number of benzene rings is 1. The lowest BCUT2D eigenvalue weighted by Gasteiger charge is -2.41. The number of halogens is 6. The second-order valence-corrected chi connectivity index (χ2v) is 6.14. The lowest BCUT2D eigenvalue weighted by molar-refractivity contribution is 0.364. The summed E-state index contributed by atoms with van der Waals surface area (Å²) in [5.74, 6) is -1.40. The first kappa shape index (κ1) is 16.5. The molecule has 0 fully saturated rings. The summed E-state index contributed by atoms with van der Waals surface area (Å²) in [4.78, 5) is -2.28. The molecule has 0 saturated carbocycles. The van der Waals surface area contributed by atoms with Gasteiger partial charge in [0.2, 0.25) is 0 Å². The topological polar surface area (TPSA) is 25.8 Å². The average molecular weight is 318 g/mol. The van der Waals surface area contributed by atoms with Crippen molar-refractivity contribution in [3.05, 3.63) is 29.8 Å². The Kier molecular flexibility index (Phi) is 3.51. The van der Waals surface area contributed by atoms with Crippen LogP contribution >= 0.6 is 10.2 Å². The van der Waals surface area contributed by atoms with E-state index < -0.39 is 26.3 Å². The van der Waals surface area contributed by atoms with E-state index in [-0.39, 0.29) is 17.1 Å². The van der Waals surface area contributed by atoms with Crippen LogP contribution in [-0.2, 0) is 0 Å². The van der Waals surface area contributed by atoms with Crippen molar-refractivity contribution in [2.24, 2.45) is 0 Å². The molecule has 0 saturated heterocycles. The highest BCUT2D eigenvalue weighted by atomic mass is 32.5. The van der Waals surface area contributed by atoms with Crippen molar-refractivity contribution in [2.45, 2.75) is 25.7 Å². The molecule has 2 nitrogen and oxygen atoms in total. The van der Waals surface area contributed by atoms with E-state index in [1.54, 1.807) is 0 Å². The maximum absolute atomic E-state index is 13.1. The fourth-order valence-corrected chi connectivity index (χ4v) is 2.49. The van der Waals surface area contributed by atoms with Crippen LogP contribution in [0.15, 0.2) is 23.2 Å². The minimum Gasteiger partial charge on any atom is -0.207 e. The average Bonchev–Trinajstić information content (AvgIpc) is 2.29. The molecule has 2 rings (SSSR count). The number of hydrogen-bond donors (Lipinski definition) is 0. The number of rotatable bonds is 1. The van der Waals surface area contributed by atoms with E-state index in [9.17, 15) is 23.8 Å². The fraction of sp³-hybridized carbons (Fsp3) is 0.273. The highest BCUT2D eigenvalue weighted by Gasteiger charge is 2.66. The molecule has 0 spiro atoms. The van der Waals surface area contributed by atoms with Crippen LogP contribution in [0.5, 0.6) is 0 Å². The Morgan fingerprint density at radius 1 is 0.950 bits per heavy atom. The Hall–Kier alpha value is -1.51. The van der Waals surface area contributed by atoms with Gasteiger partial charge in [0.15, 0.2) is 0 Å². The van der Waals surface area contributed by atoms with Crippen LogP contribution in [0, 0.1) is 12.7 Å². The molecule has 0 aliphatic carbocycles. The molecule has 0 N–H and O–H groups in total. The van der Waals surface area contributed by atoms with Gasteiger partial charge in [0.25, 0.3) is 0 Å². The van der Waals surface area contributed by atoms with Crippen molar-refractivity contribution in [2.75, 3.05) is 0 Å². The van der Waals surface area contributed by atoms with Crippen LogP contribution in [0.1, 0.15) is 19.5 Å². The molecule has 0 bridgehead atoms. The van der Waals surface area contributed by atoms with Crippen molar-refractivity contribution in [1.29, 1.82) is 0 Å². The molecule has 20 heavy (non-hydrogen) atoms. The van der Waals surface area contributed by atoms with Crippen molar-refractivity contribution in [1.82, 2.24) is 10.2 Å². The molecular formula is C11H12F6N2S. The largest absolute Gasteiger partial charge is 0.311 e. The SMILES string of the molecule is CC.Cc1nncc2c(S(F)(F)(F)(F)F)cc(F)cc12. The zero-order valence-corrected chi connectivity index (χ0v) is 11.6. The minimum absolute atomic E-state index is 0.0601. The molecule has 1 heterocycles. The van der Waals surface area contributed by atoms with Gasteiger partial charge in [0.1, 0.15) is 10.7 Å². The summed E-state index contributed by atoms with van der Waals surface area (Å²) in [7, 11) is -9.97. The van der Waals surface area contributed by atoms with E-state index in [2.05, 4.69) is 10.2 Å². The third-order valence-electron chi connectivity index (χ3n) is 2.31. The number of nitrogens with zero attached hydrogens (tertiary/aromatic N) is 2. The van der Waals surface area contributed by atoms with Crippen molar-refractivity contribution in [3.8, 4) is 0 Å². The van der Waals surface area contributed by atoms with Crippen LogP contribution < -0.4 is 0 Å². The molecule has 0 aliphatic heterocycles. The van der Waals surface area contributed by atoms with E-state index >= 15 is 0 Å². The molecule has 0 amide bonds. The van der Waals surface area contributed by atoms with Crippen molar-refractivity contribution in [3.63, 3.8) is 0 Å². The Labute approximate surface area is 111 Å². The molecule has 0 aliphatic rings. The standard InChI is InChI=1S/C9H6F6N2S.C2H6/c1-5-7-2-6(10)3-9(8(7)4-16-17-5)18(11,12,13,14)15;1-2/h2-4H,1H3;1-2H3. The highest BCUT2D eigenvalue weighted by molar-refractivity contribution is 8.46. The molecule has 9 heteroatoms. The Bertz CT molecular complexity index is 653. The highest BCUT2D eigenvalue weighted by Crippen LogP contribution is 3.02. The van der Waals surface area contributed by atoms with Crippen LogP contribution in [0.25, 0.3) is 10.8 Å². The Morgan fingerprint density at radius 2 is 1.50 bits per heavy atom. The van der Waals surface area contributed by atoms with Gasteiger partial charge in [-0.25, -0.2) is 4.39 Å². The molecule has 0 radical (unpaired) electrons. The third-order valence-corrected chi connectivity index (χ3v) is 3.48. The van der Waals surface area contributed by atoms with E-state index in [1.807, 2.05) is 13.8 Å². The van der Waals surface area contributed by atoms with Gasteiger partial charge in [-0.2, -0.15) is 10.2 Å². The maximum Gasteiger partial charge on any atom is 0.311 e. The number of hydrogen-bond acceptors (Lipinski definition) is 2. The number of fused-ring (bicyclic) bond motifs is 1. The Morgan fingerprint density at radius 3 is 2.00 bits per heavy atom. The number of aromatic nitrogens is 2. The maximum atomic E-state index is 13.1. The predicted molar refractivity (Wildman–Crippen MR) is 67.0 cm³/mol. The van der Waals surface area contributed by atoms with Crippen LogP contribution in [0.2, 0.25) is 0 Å². The monoisotopic (exact) mass is 318 g/mol. The Balaban J connectivity index is 0.000000956. The quantitative estimate of drug-likeness (QED) is 0.625. The van der Waals surface area contributed by atoms with E-state index in [0.717, 1.165) is 0 Å². The van der Waals surface area contributed by atoms with Gasteiger partial charge < -0.3 is 0 Å². The van der Waals surface area contributed by atoms with E-state index in [4.69, 9.17) is 0 Å². The molecule has 0 unspecified atom stereocenters. The zero-order valence-electron chi connectivity index (χ0n) is 10.8. The fourth-order valence-electron chi connectivity index (χ4n) is 1.57. The van der Waals surface area contributed by atoms with Gasteiger partial charge in [0.05, 0.1) is 11.9 Å². The summed E-state index contributed by atoms with van der Waals surface area (Å²) >= 11 is 0. The van der Waals surface area contributed by atoms with Crippen LogP contribution in [0.3, 0.4) is 0 Å². The smallest absolute Gasteiger partial charge is 0.207 e. The van der Waals surface area contributed by atoms with Gasteiger partial charge in [-0.1, -0.05) is 33.3 Å². The lowest BCUT2D eigenvalue weighted by atomic mass is 10.1. The summed E-state index contributed by atoms with van der Waals surface area (Å²) in [6, 6.07) is 0.497. The predicted octanol–water partition coefficient (Wildman–Crippen LogP) is 5.76. The minimum atomic E-state index is -9.97. The molecule has 0 atom stereocenters. The van der Waals surface area contributed by atoms with Crippen molar-refractivity contribution >= 4 is 21.0 Å². The third kappa shape index (κ3) is 3.33. The second kappa shape index (κ2) is 4.24. The normalized spacial score (nSPS) is 15.1. The molecule has 1 aromatic heterocycles. The zero-order chi connectivity index (χ0) is 15.8. The molecular weight excluding hydrogens is 306 g/mol. The van der Waals surface area contributed by atoms with Gasteiger partial charge in [-0.3, -0.25) is 0 Å². The first-order valence-corrected chi connectivity index (χ1v) is 7.49. The van der Waals surface area contributed by atoms with E-state index in [0.29, 0.717) is 12.3 Å². The first-order valence-electron chi connectivity index (χ1n) is 5.54. The van der Waals surface area contributed by atoms with Crippen LogP contribution in [0.4, 0.5) is 23.8 Å². The lowest BCUT2D eigenvalue weighted by Crippen LogP contribution is -2.08. The molecule has 2 aromatic rings. The summed E-state index contributed by atoms with van der Waals surface area (Å²) in [5, 5.41) is 5.39. The van der Waals surface area contributed by atoms with Gasteiger partial charge >= 0.3 is 10.2 Å². The van der Waals surface area contributed by atoms with Gasteiger partial charge in [0, 0.05) is 10.8 Å². The number of aryl methyl sites for hydroxylation is 1. The first-order chi connectivity index (χ1) is 8.88. The van der Waals surface area contributed by atoms with Crippen LogP contribution in [-0.4, -0.2) is 10.2 Å². The second-order valence-electron chi connectivity index (χ2n) is 3.76. The molecule has 114 valence electrons. The van der Waals surface area contributed by atoms with Gasteiger partial charge in [-0.15, -0.1) is 0 Å².